The number of anilines is 1. The number of nitrogens with zero attached hydrogens (tertiary/aromatic N) is 3. The number of ether oxygens (including phenoxy) is 1. The van der Waals surface area contributed by atoms with Crippen LogP contribution in [0.3, 0.4) is 0 Å². The van der Waals surface area contributed by atoms with Crippen LogP contribution in [0.15, 0.2) is 17.3 Å². The third-order valence-corrected chi connectivity index (χ3v) is 4.74. The topological polar surface area (TPSA) is 105 Å². The Kier molecular flexibility index (Phi) is 4.57. The predicted molar refractivity (Wildman–Crippen MR) is 101 cm³/mol. The summed E-state index contributed by atoms with van der Waals surface area (Å²) in [5, 5.41) is 7.84. The van der Waals surface area contributed by atoms with Crippen molar-refractivity contribution in [1.29, 1.82) is 5.41 Å². The number of nitrogens with two attached hydrogens (primary N) is 1. The van der Waals surface area contributed by atoms with Gasteiger partial charge in [-0.15, -0.1) is 0 Å². The number of hydrogen-bond donors (Lipinski definition) is 2. The van der Waals surface area contributed by atoms with Crippen molar-refractivity contribution in [3.8, 4) is 0 Å². The van der Waals surface area contributed by atoms with Crippen LogP contribution in [0.2, 0.25) is 0 Å². The van der Waals surface area contributed by atoms with Crippen molar-refractivity contribution in [1.82, 2.24) is 9.88 Å². The third kappa shape index (κ3) is 3.68. The van der Waals surface area contributed by atoms with Gasteiger partial charge < -0.3 is 10.5 Å². The monoisotopic (exact) mass is 407 g/mol. The molecule has 2 atom stereocenters. The van der Waals surface area contributed by atoms with Crippen LogP contribution in [0.1, 0.15) is 39.2 Å². The van der Waals surface area contributed by atoms with Crippen molar-refractivity contribution in [3.05, 3.63) is 17.8 Å². The van der Waals surface area contributed by atoms with E-state index in [1.807, 2.05) is 20.8 Å². The Hall–Kier alpha value is -1.96. The standard InChI is InChI=1S/C17H22BrN5O2/c1-17(2,3)25-16(24)23-8-9-6-11(12(23)7-9)22-10-4-5-21-15(20)13(10)14(18)19/h4-5,9,12,19H,6-8H2,1-3H3,(H2,20,21)/b19-14?,22-11+. The number of hydrogen-bond acceptors (Lipinski definition) is 6. The molecule has 2 bridgehead atoms. The molecule has 2 aliphatic rings. The fraction of sp³-hybridized carbons (Fsp3) is 0.529. The lowest BCUT2D eigenvalue weighted by Crippen LogP contribution is -2.45. The van der Waals surface area contributed by atoms with Gasteiger partial charge in [-0.25, -0.2) is 9.78 Å². The van der Waals surface area contributed by atoms with Crippen LogP contribution in [0.4, 0.5) is 16.3 Å². The van der Waals surface area contributed by atoms with E-state index < -0.39 is 5.60 Å². The third-order valence-electron chi connectivity index (χ3n) is 4.34. The molecule has 1 aromatic heterocycles. The first kappa shape index (κ1) is 17.8. The number of amides is 1. The van der Waals surface area contributed by atoms with E-state index in [0.717, 1.165) is 18.6 Å². The Bertz CT molecular complexity index is 756. The molecule has 1 saturated heterocycles. The van der Waals surface area contributed by atoms with Crippen LogP contribution in [-0.4, -0.2) is 44.5 Å². The summed E-state index contributed by atoms with van der Waals surface area (Å²) in [7, 11) is 0. The number of pyridine rings is 1. The second-order valence-electron chi connectivity index (χ2n) is 7.46. The van der Waals surface area contributed by atoms with Crippen molar-refractivity contribution in [2.24, 2.45) is 10.9 Å². The molecule has 25 heavy (non-hydrogen) atoms. The van der Waals surface area contributed by atoms with Crippen LogP contribution >= 0.6 is 15.9 Å². The molecule has 1 aliphatic carbocycles. The predicted octanol–water partition coefficient (Wildman–Crippen LogP) is 3.49. The van der Waals surface area contributed by atoms with Crippen molar-refractivity contribution < 1.29 is 9.53 Å². The molecule has 1 amide bonds. The SMILES string of the molecule is CC(C)(C)OC(=O)N1CC2C/C(=N\c3ccnc(N)c3C(=N)Br)C1C2. The second kappa shape index (κ2) is 6.40. The zero-order chi connectivity index (χ0) is 18.4. The Balaban J connectivity index is 1.88. The largest absolute Gasteiger partial charge is 0.444 e. The van der Waals surface area contributed by atoms with E-state index in [2.05, 4.69) is 20.9 Å². The summed E-state index contributed by atoms with van der Waals surface area (Å²) >= 11 is 3.15. The molecular formula is C17H22BrN5O2. The lowest BCUT2D eigenvalue weighted by molar-refractivity contribution is 0.0250. The second-order valence-corrected chi connectivity index (χ2v) is 8.25. The number of piperidine rings is 1. The number of aromatic nitrogens is 1. The van der Waals surface area contributed by atoms with Crippen molar-refractivity contribution in [2.75, 3.05) is 12.3 Å². The number of nitrogens with one attached hydrogen (secondary N) is 1. The summed E-state index contributed by atoms with van der Waals surface area (Å²) in [6.45, 7) is 6.30. The summed E-state index contributed by atoms with van der Waals surface area (Å²) in [5.41, 5.74) is 7.37. The Morgan fingerprint density at radius 1 is 1.52 bits per heavy atom. The minimum atomic E-state index is -0.520. The van der Waals surface area contributed by atoms with E-state index in [4.69, 9.17) is 20.9 Å². The van der Waals surface area contributed by atoms with E-state index in [9.17, 15) is 4.79 Å². The van der Waals surface area contributed by atoms with E-state index in [0.29, 0.717) is 23.7 Å². The zero-order valence-electron chi connectivity index (χ0n) is 14.5. The number of carbonyl (C=O) groups excluding carboxylic acids is 1. The minimum Gasteiger partial charge on any atom is -0.444 e. The molecule has 2 heterocycles. The highest BCUT2D eigenvalue weighted by molar-refractivity contribution is 9.18. The van der Waals surface area contributed by atoms with Crippen LogP contribution in [0, 0.1) is 11.3 Å². The molecule has 8 heteroatoms. The number of likely N-dealkylation sites (tertiary alicyclic amines) is 1. The van der Waals surface area contributed by atoms with Gasteiger partial charge in [-0.2, -0.15) is 0 Å². The average Bonchev–Trinajstić information content (AvgIpc) is 3.05. The van der Waals surface area contributed by atoms with Gasteiger partial charge in [-0.3, -0.25) is 15.3 Å². The first-order chi connectivity index (χ1) is 11.7. The highest BCUT2D eigenvalue weighted by Gasteiger charge is 2.46. The first-order valence-corrected chi connectivity index (χ1v) is 9.01. The summed E-state index contributed by atoms with van der Waals surface area (Å²) < 4.78 is 5.66. The lowest BCUT2D eigenvalue weighted by atomic mass is 10.1. The Morgan fingerprint density at radius 2 is 2.24 bits per heavy atom. The van der Waals surface area contributed by atoms with Crippen LogP contribution in [0.25, 0.3) is 0 Å². The van der Waals surface area contributed by atoms with Crippen LogP contribution < -0.4 is 5.73 Å². The molecule has 7 nitrogen and oxygen atoms in total. The number of aliphatic imine (C=N–C) groups is 1. The maximum Gasteiger partial charge on any atom is 0.410 e. The molecule has 1 aliphatic heterocycles. The van der Waals surface area contributed by atoms with E-state index in [-0.39, 0.29) is 22.6 Å². The van der Waals surface area contributed by atoms with Gasteiger partial charge in [0, 0.05) is 18.5 Å². The highest BCUT2D eigenvalue weighted by atomic mass is 79.9. The highest BCUT2D eigenvalue weighted by Crippen LogP contribution is 2.38. The van der Waals surface area contributed by atoms with E-state index >= 15 is 0 Å². The lowest BCUT2D eigenvalue weighted by Gasteiger charge is -2.31. The van der Waals surface area contributed by atoms with Gasteiger partial charge in [-0.05, 0) is 61.5 Å². The molecule has 1 saturated carbocycles. The smallest absolute Gasteiger partial charge is 0.410 e. The van der Waals surface area contributed by atoms with Gasteiger partial charge >= 0.3 is 6.09 Å². The number of fused-ring (bicyclic) bond motifs is 2. The number of nitrogen functional groups attached to an aromatic ring is 1. The van der Waals surface area contributed by atoms with Crippen LogP contribution in [0.5, 0.6) is 0 Å². The summed E-state index contributed by atoms with van der Waals surface area (Å²) in [5.74, 6) is 0.665. The Labute approximate surface area is 155 Å². The van der Waals surface area contributed by atoms with Crippen molar-refractivity contribution in [3.63, 3.8) is 0 Å². The summed E-state index contributed by atoms with van der Waals surface area (Å²) in [6, 6.07) is 1.68. The normalized spacial score (nSPS) is 24.0. The van der Waals surface area contributed by atoms with Gasteiger partial charge in [0.25, 0.3) is 0 Å². The first-order valence-electron chi connectivity index (χ1n) is 8.21. The molecule has 134 valence electrons. The molecule has 1 aromatic rings. The Morgan fingerprint density at radius 3 is 2.84 bits per heavy atom. The average molecular weight is 408 g/mol. The zero-order valence-corrected chi connectivity index (χ0v) is 16.1. The van der Waals surface area contributed by atoms with E-state index in [1.165, 1.54) is 0 Å². The van der Waals surface area contributed by atoms with Crippen molar-refractivity contribution >= 4 is 43.9 Å². The fourth-order valence-electron chi connectivity index (χ4n) is 3.40. The van der Waals surface area contributed by atoms with Crippen molar-refractivity contribution in [2.45, 2.75) is 45.3 Å². The minimum absolute atomic E-state index is 0.0494. The van der Waals surface area contributed by atoms with Gasteiger partial charge in [-0.1, -0.05) is 0 Å². The van der Waals surface area contributed by atoms with Gasteiger partial charge in [0.15, 0.2) is 0 Å². The molecule has 0 radical (unpaired) electrons. The molecule has 2 fully saturated rings. The maximum absolute atomic E-state index is 12.5. The molecule has 3 N–H and O–H groups in total. The summed E-state index contributed by atoms with van der Waals surface area (Å²) in [4.78, 5) is 23.0. The van der Waals surface area contributed by atoms with Crippen LogP contribution in [-0.2, 0) is 4.74 Å². The number of halogens is 1. The number of carbonyl (C=O) groups is 1. The summed E-state index contributed by atoms with van der Waals surface area (Å²) in [6.07, 6.45) is 3.03. The molecule has 0 spiro atoms. The molecule has 2 unspecified atom stereocenters. The van der Waals surface area contributed by atoms with Gasteiger partial charge in [0.2, 0.25) is 0 Å². The quantitative estimate of drug-likeness (QED) is 0.731. The number of rotatable bonds is 2. The molecule has 3 rings (SSSR count). The van der Waals surface area contributed by atoms with Gasteiger partial charge in [0.1, 0.15) is 16.0 Å². The molecular weight excluding hydrogens is 386 g/mol. The van der Waals surface area contributed by atoms with E-state index in [1.54, 1.807) is 17.2 Å². The van der Waals surface area contributed by atoms with Gasteiger partial charge in [0.05, 0.1) is 17.3 Å². The molecule has 0 aromatic carbocycles. The fourth-order valence-corrected chi connectivity index (χ4v) is 3.81. The maximum atomic E-state index is 12.5.